The number of nitrogens with zero attached hydrogens (tertiary/aromatic N) is 1. The Morgan fingerprint density at radius 3 is 2.56 bits per heavy atom. The first-order chi connectivity index (χ1) is 12.7. The van der Waals surface area contributed by atoms with Gasteiger partial charge in [-0.15, -0.1) is 0 Å². The lowest BCUT2D eigenvalue weighted by Gasteiger charge is -2.37. The Morgan fingerprint density at radius 1 is 1.33 bits per heavy atom. The Balaban J connectivity index is 1.66. The molecule has 5 nitrogen and oxygen atoms in total. The second kappa shape index (κ2) is 9.96. The second-order valence-corrected chi connectivity index (χ2v) is 9.42. The highest BCUT2D eigenvalue weighted by Crippen LogP contribution is 2.25. The molecule has 1 fully saturated rings. The van der Waals surface area contributed by atoms with E-state index in [9.17, 15) is 13.7 Å². The van der Waals surface area contributed by atoms with Crippen LogP contribution in [-0.2, 0) is 15.5 Å². The molecule has 0 amide bonds. The summed E-state index contributed by atoms with van der Waals surface area (Å²) in [6.45, 7) is 7.98. The molecule has 1 aliphatic rings. The zero-order valence-electron chi connectivity index (χ0n) is 16.7. The molecule has 1 heterocycles. The van der Waals surface area contributed by atoms with E-state index in [1.807, 2.05) is 25.7 Å². The first kappa shape index (κ1) is 22.3. The minimum atomic E-state index is -1.33. The average Bonchev–Trinajstić information content (AvgIpc) is 2.57. The molecule has 7 heteroatoms. The Labute approximate surface area is 164 Å². The lowest BCUT2D eigenvalue weighted by atomic mass is 9.92. The summed E-state index contributed by atoms with van der Waals surface area (Å²) in [5.41, 5.74) is -0.364. The van der Waals surface area contributed by atoms with Gasteiger partial charge in [-0.05, 0) is 64.5 Å². The van der Waals surface area contributed by atoms with Crippen molar-refractivity contribution in [3.8, 4) is 5.75 Å². The third-order valence-electron chi connectivity index (χ3n) is 4.66. The van der Waals surface area contributed by atoms with Crippen molar-refractivity contribution >= 4 is 10.8 Å². The fraction of sp³-hybridized carbons (Fsp3) is 0.700. The maximum Gasteiger partial charge on any atom is 0.216 e. The van der Waals surface area contributed by atoms with E-state index in [0.29, 0.717) is 18.3 Å². The van der Waals surface area contributed by atoms with E-state index in [4.69, 9.17) is 9.47 Å². The number of ether oxygens (including phenoxy) is 2. The fourth-order valence-electron chi connectivity index (χ4n) is 3.22. The van der Waals surface area contributed by atoms with Gasteiger partial charge in [0.2, 0.25) is 6.41 Å². The van der Waals surface area contributed by atoms with Gasteiger partial charge in [0.25, 0.3) is 0 Å². The fourth-order valence-corrected chi connectivity index (χ4v) is 3.81. The third-order valence-corrected chi connectivity index (χ3v) is 5.61. The highest BCUT2D eigenvalue weighted by Gasteiger charge is 2.27. The van der Waals surface area contributed by atoms with E-state index in [0.717, 1.165) is 38.8 Å². The molecule has 0 spiro atoms. The molecule has 1 aromatic rings. The number of hydrogen-bond donors (Lipinski definition) is 1. The van der Waals surface area contributed by atoms with E-state index in [1.165, 1.54) is 18.4 Å². The van der Waals surface area contributed by atoms with Gasteiger partial charge in [-0.1, -0.05) is 0 Å². The number of likely N-dealkylation sites (tertiary alicyclic amines) is 1. The normalized spacial score (nSPS) is 19.0. The summed E-state index contributed by atoms with van der Waals surface area (Å²) in [5.74, 6) is 0.587. The van der Waals surface area contributed by atoms with Crippen LogP contribution in [0.2, 0.25) is 0 Å². The van der Waals surface area contributed by atoms with Crippen LogP contribution in [0.4, 0.5) is 4.39 Å². The molecule has 1 aliphatic heterocycles. The summed E-state index contributed by atoms with van der Waals surface area (Å²) >= 11 is 0. The van der Waals surface area contributed by atoms with Gasteiger partial charge < -0.3 is 14.6 Å². The Kier molecular flexibility index (Phi) is 8.21. The molecule has 0 aliphatic carbocycles. The molecule has 1 saturated heterocycles. The van der Waals surface area contributed by atoms with Crippen LogP contribution >= 0.6 is 0 Å². The molecule has 2 unspecified atom stereocenters. The Morgan fingerprint density at radius 2 is 2.00 bits per heavy atom. The second-order valence-electron chi connectivity index (χ2n) is 8.07. The van der Waals surface area contributed by atoms with Crippen LogP contribution in [-0.4, -0.2) is 52.2 Å². The highest BCUT2D eigenvalue weighted by atomic mass is 32.2. The van der Waals surface area contributed by atoms with Crippen molar-refractivity contribution in [2.45, 2.75) is 63.4 Å². The van der Waals surface area contributed by atoms with Crippen LogP contribution in [0.15, 0.2) is 23.1 Å². The summed E-state index contributed by atoms with van der Waals surface area (Å²) in [6.07, 6.45) is 4.60. The standard InChI is InChI=1S/C20H32FNO4S/c1-20(2,3)26-19(23)22-11-9-15(10-12-22)6-5-13-25-16-7-8-18(27(4)24)17(21)14-16/h7-8,14-15,19,23H,5-6,9-13H2,1-4H3. The molecule has 1 N–H and O–H groups in total. The van der Waals surface area contributed by atoms with E-state index >= 15 is 0 Å². The van der Waals surface area contributed by atoms with Gasteiger partial charge in [0.1, 0.15) is 11.6 Å². The molecular formula is C20H32FNO4S. The zero-order chi connectivity index (χ0) is 20.0. The monoisotopic (exact) mass is 401 g/mol. The van der Waals surface area contributed by atoms with Gasteiger partial charge in [0.05, 0.1) is 27.9 Å². The predicted molar refractivity (Wildman–Crippen MR) is 105 cm³/mol. The van der Waals surface area contributed by atoms with E-state index < -0.39 is 23.0 Å². The van der Waals surface area contributed by atoms with Crippen LogP contribution in [0, 0.1) is 11.7 Å². The Hall–Kier alpha value is -1.02. The minimum absolute atomic E-state index is 0.201. The quantitative estimate of drug-likeness (QED) is 0.533. The van der Waals surface area contributed by atoms with Gasteiger partial charge in [-0.3, -0.25) is 9.11 Å². The van der Waals surface area contributed by atoms with Crippen molar-refractivity contribution in [1.82, 2.24) is 4.90 Å². The molecule has 0 radical (unpaired) electrons. The van der Waals surface area contributed by atoms with Crippen LogP contribution in [0.3, 0.4) is 0 Å². The number of aliphatic hydroxyl groups is 1. The largest absolute Gasteiger partial charge is 0.493 e. The summed E-state index contributed by atoms with van der Waals surface area (Å²) in [6, 6.07) is 4.47. The van der Waals surface area contributed by atoms with Gasteiger partial charge in [0, 0.05) is 25.4 Å². The van der Waals surface area contributed by atoms with E-state index in [1.54, 1.807) is 6.07 Å². The van der Waals surface area contributed by atoms with Crippen LogP contribution in [0.1, 0.15) is 46.5 Å². The van der Waals surface area contributed by atoms with Crippen molar-refractivity contribution in [3.63, 3.8) is 0 Å². The topological polar surface area (TPSA) is 59.0 Å². The van der Waals surface area contributed by atoms with Gasteiger partial charge >= 0.3 is 0 Å². The Bertz CT molecular complexity index is 627. The van der Waals surface area contributed by atoms with Crippen molar-refractivity contribution < 1.29 is 23.2 Å². The third kappa shape index (κ3) is 7.49. The van der Waals surface area contributed by atoms with Crippen LogP contribution in [0.5, 0.6) is 5.75 Å². The average molecular weight is 402 g/mol. The lowest BCUT2D eigenvalue weighted by Crippen LogP contribution is -2.45. The van der Waals surface area contributed by atoms with Gasteiger partial charge in [0.15, 0.2) is 0 Å². The van der Waals surface area contributed by atoms with E-state index in [2.05, 4.69) is 0 Å². The van der Waals surface area contributed by atoms with Gasteiger partial charge in [-0.25, -0.2) is 4.39 Å². The molecule has 2 rings (SSSR count). The first-order valence-electron chi connectivity index (χ1n) is 9.51. The maximum absolute atomic E-state index is 13.8. The van der Waals surface area contributed by atoms with E-state index in [-0.39, 0.29) is 10.5 Å². The summed E-state index contributed by atoms with van der Waals surface area (Å²) in [4.78, 5) is 2.17. The predicted octanol–water partition coefficient (Wildman–Crippen LogP) is 3.53. The minimum Gasteiger partial charge on any atom is -0.493 e. The number of hydrogen-bond acceptors (Lipinski definition) is 5. The van der Waals surface area contributed by atoms with Crippen molar-refractivity contribution in [1.29, 1.82) is 0 Å². The van der Waals surface area contributed by atoms with Gasteiger partial charge in [-0.2, -0.15) is 0 Å². The molecule has 1 aromatic carbocycles. The molecular weight excluding hydrogens is 369 g/mol. The molecule has 2 atom stereocenters. The molecule has 0 bridgehead atoms. The van der Waals surface area contributed by atoms with Crippen molar-refractivity contribution in [2.75, 3.05) is 26.0 Å². The number of halogens is 1. The molecule has 154 valence electrons. The number of aliphatic hydroxyl groups excluding tert-OH is 1. The number of piperidine rings is 1. The van der Waals surface area contributed by atoms with Crippen LogP contribution < -0.4 is 4.74 Å². The lowest BCUT2D eigenvalue weighted by molar-refractivity contribution is -0.243. The number of benzene rings is 1. The zero-order valence-corrected chi connectivity index (χ0v) is 17.6. The molecule has 0 saturated carbocycles. The highest BCUT2D eigenvalue weighted by molar-refractivity contribution is 7.84. The summed E-state index contributed by atoms with van der Waals surface area (Å²) in [7, 11) is -1.33. The maximum atomic E-state index is 13.8. The SMILES string of the molecule is CS(=O)c1ccc(OCCCC2CCN(C(O)OC(C)(C)C)CC2)cc1F. The molecule has 0 aromatic heterocycles. The molecule has 27 heavy (non-hydrogen) atoms. The number of rotatable bonds is 8. The summed E-state index contributed by atoms with van der Waals surface area (Å²) in [5, 5.41) is 10.1. The van der Waals surface area contributed by atoms with Crippen molar-refractivity contribution in [3.05, 3.63) is 24.0 Å². The summed E-state index contributed by atoms with van der Waals surface area (Å²) < 4.78 is 36.4. The first-order valence-corrected chi connectivity index (χ1v) is 11.1. The smallest absolute Gasteiger partial charge is 0.216 e. The van der Waals surface area contributed by atoms with Crippen molar-refractivity contribution in [2.24, 2.45) is 5.92 Å². The van der Waals surface area contributed by atoms with Crippen LogP contribution in [0.25, 0.3) is 0 Å².